The number of nitrogens with one attached hydrogen (secondary N) is 2. The molecule has 2 N–H and O–H groups in total. The van der Waals surface area contributed by atoms with E-state index in [-0.39, 0.29) is 0 Å². The minimum Gasteiger partial charge on any atom is -0.353 e. The van der Waals surface area contributed by atoms with Crippen LogP contribution in [0.5, 0.6) is 0 Å². The first-order valence-electron chi connectivity index (χ1n) is 8.73. The van der Waals surface area contributed by atoms with Crippen LogP contribution in [0.2, 0.25) is 0 Å². The third kappa shape index (κ3) is 3.59. The summed E-state index contributed by atoms with van der Waals surface area (Å²) < 4.78 is 0. The van der Waals surface area contributed by atoms with E-state index in [0.717, 1.165) is 50.2 Å². The number of piperidine rings is 1. The fourth-order valence-electron chi connectivity index (χ4n) is 3.44. The van der Waals surface area contributed by atoms with Crippen molar-refractivity contribution in [1.82, 2.24) is 25.4 Å². The van der Waals surface area contributed by atoms with Crippen molar-refractivity contribution in [2.24, 2.45) is 10.9 Å². The van der Waals surface area contributed by atoms with Crippen LogP contribution in [0.25, 0.3) is 0 Å². The zero-order valence-corrected chi connectivity index (χ0v) is 13.8. The van der Waals surface area contributed by atoms with E-state index in [9.17, 15) is 0 Å². The summed E-state index contributed by atoms with van der Waals surface area (Å²) in [5.74, 6) is 3.52. The molecule has 1 aromatic rings. The summed E-state index contributed by atoms with van der Waals surface area (Å²) >= 11 is 0. The molecular weight excluding hydrogens is 276 g/mol. The first-order chi connectivity index (χ1) is 10.8. The fourth-order valence-corrected chi connectivity index (χ4v) is 3.44. The maximum absolute atomic E-state index is 4.71. The normalized spacial score (nSPS) is 26.3. The number of likely N-dealkylation sites (tertiary alicyclic amines) is 1. The van der Waals surface area contributed by atoms with Gasteiger partial charge in [0.1, 0.15) is 12.2 Å². The predicted molar refractivity (Wildman–Crippen MR) is 87.8 cm³/mol. The maximum atomic E-state index is 4.71. The first-order valence-corrected chi connectivity index (χ1v) is 8.73. The molecule has 0 radical (unpaired) electrons. The molecule has 2 atom stereocenters. The van der Waals surface area contributed by atoms with E-state index in [1.165, 1.54) is 19.3 Å². The van der Waals surface area contributed by atoms with E-state index < -0.39 is 0 Å². The van der Waals surface area contributed by atoms with Gasteiger partial charge in [0.15, 0.2) is 5.96 Å². The standard InChI is InChI=1S/C16H28N6/c1-3-5-13-10-14(13)20-16(17-4-2)22-8-6-12(7-9-22)15-18-11-19-21-15/h11-14H,3-10H2,1-2H3,(H,17,20)(H,18,19,21). The van der Waals surface area contributed by atoms with Crippen molar-refractivity contribution < 1.29 is 0 Å². The Morgan fingerprint density at radius 1 is 1.41 bits per heavy atom. The van der Waals surface area contributed by atoms with Gasteiger partial charge in [0.2, 0.25) is 0 Å². The quantitative estimate of drug-likeness (QED) is 0.646. The Morgan fingerprint density at radius 3 is 2.86 bits per heavy atom. The number of aromatic nitrogens is 3. The molecule has 3 rings (SSSR count). The lowest BCUT2D eigenvalue weighted by molar-refractivity contribution is 0.298. The lowest BCUT2D eigenvalue weighted by Crippen LogP contribution is -2.46. The van der Waals surface area contributed by atoms with Crippen LogP contribution in [0.4, 0.5) is 0 Å². The van der Waals surface area contributed by atoms with Gasteiger partial charge >= 0.3 is 0 Å². The molecule has 1 aliphatic heterocycles. The Bertz CT molecular complexity index is 475. The number of rotatable bonds is 5. The van der Waals surface area contributed by atoms with E-state index in [1.807, 2.05) is 0 Å². The Hall–Kier alpha value is -1.59. The van der Waals surface area contributed by atoms with Gasteiger partial charge in [0.05, 0.1) is 0 Å². The molecule has 22 heavy (non-hydrogen) atoms. The molecule has 1 saturated heterocycles. The predicted octanol–water partition coefficient (Wildman–Crippen LogP) is 2.14. The number of H-pyrrole nitrogens is 1. The summed E-state index contributed by atoms with van der Waals surface area (Å²) in [7, 11) is 0. The number of aliphatic imine (C=N–C) groups is 1. The zero-order valence-electron chi connectivity index (χ0n) is 13.8. The Kier molecular flexibility index (Phi) is 4.95. The molecule has 0 spiro atoms. The topological polar surface area (TPSA) is 69.2 Å². The lowest BCUT2D eigenvalue weighted by Gasteiger charge is -2.33. The molecule has 0 amide bonds. The largest absolute Gasteiger partial charge is 0.353 e. The van der Waals surface area contributed by atoms with Gasteiger partial charge in [-0.1, -0.05) is 13.3 Å². The summed E-state index contributed by atoms with van der Waals surface area (Å²) in [4.78, 5) is 11.4. The Balaban J connectivity index is 1.52. The molecule has 2 heterocycles. The molecule has 2 aliphatic rings. The van der Waals surface area contributed by atoms with Gasteiger partial charge in [-0.15, -0.1) is 0 Å². The summed E-state index contributed by atoms with van der Waals surface area (Å²) in [6, 6.07) is 0.650. The van der Waals surface area contributed by atoms with Crippen molar-refractivity contribution in [3.8, 4) is 0 Å². The summed E-state index contributed by atoms with van der Waals surface area (Å²) in [6.07, 6.45) is 7.76. The van der Waals surface area contributed by atoms with Crippen LogP contribution in [-0.2, 0) is 0 Å². The van der Waals surface area contributed by atoms with E-state index in [0.29, 0.717) is 12.0 Å². The minimum absolute atomic E-state index is 0.510. The molecule has 6 nitrogen and oxygen atoms in total. The lowest BCUT2D eigenvalue weighted by atomic mass is 9.96. The van der Waals surface area contributed by atoms with Crippen LogP contribution in [0.1, 0.15) is 57.7 Å². The van der Waals surface area contributed by atoms with Crippen LogP contribution in [-0.4, -0.2) is 51.7 Å². The Morgan fingerprint density at radius 2 is 2.23 bits per heavy atom. The summed E-state index contributed by atoms with van der Waals surface area (Å²) in [5, 5.41) is 10.7. The highest BCUT2D eigenvalue weighted by Crippen LogP contribution is 2.35. The first kappa shape index (κ1) is 15.3. The highest BCUT2D eigenvalue weighted by atomic mass is 15.3. The van der Waals surface area contributed by atoms with E-state index in [4.69, 9.17) is 4.99 Å². The molecule has 1 saturated carbocycles. The van der Waals surface area contributed by atoms with Crippen molar-refractivity contribution in [1.29, 1.82) is 0 Å². The molecule has 1 aliphatic carbocycles. The molecule has 0 aromatic carbocycles. The second-order valence-corrected chi connectivity index (χ2v) is 6.47. The van der Waals surface area contributed by atoms with Crippen LogP contribution in [0, 0.1) is 5.92 Å². The average Bonchev–Trinajstić information content (AvgIpc) is 3.04. The summed E-state index contributed by atoms with van der Waals surface area (Å²) in [5.41, 5.74) is 0. The van der Waals surface area contributed by atoms with Crippen LogP contribution >= 0.6 is 0 Å². The van der Waals surface area contributed by atoms with Gasteiger partial charge in [-0.3, -0.25) is 10.1 Å². The second-order valence-electron chi connectivity index (χ2n) is 6.47. The van der Waals surface area contributed by atoms with Crippen LogP contribution in [0.3, 0.4) is 0 Å². The van der Waals surface area contributed by atoms with E-state index >= 15 is 0 Å². The molecular formula is C16H28N6. The second kappa shape index (κ2) is 7.11. The molecule has 6 heteroatoms. The molecule has 0 bridgehead atoms. The van der Waals surface area contributed by atoms with Crippen molar-refractivity contribution in [2.75, 3.05) is 19.6 Å². The van der Waals surface area contributed by atoms with Crippen molar-refractivity contribution in [2.45, 2.75) is 57.9 Å². The van der Waals surface area contributed by atoms with Crippen molar-refractivity contribution in [3.63, 3.8) is 0 Å². The molecule has 122 valence electrons. The molecule has 2 fully saturated rings. The van der Waals surface area contributed by atoms with Gasteiger partial charge < -0.3 is 10.2 Å². The van der Waals surface area contributed by atoms with Gasteiger partial charge in [-0.2, -0.15) is 5.10 Å². The average molecular weight is 304 g/mol. The number of aromatic amines is 1. The number of nitrogens with zero attached hydrogens (tertiary/aromatic N) is 4. The Labute approximate surface area is 132 Å². The fraction of sp³-hybridized carbons (Fsp3) is 0.812. The third-order valence-corrected chi connectivity index (χ3v) is 4.82. The van der Waals surface area contributed by atoms with Gasteiger partial charge in [0.25, 0.3) is 0 Å². The monoisotopic (exact) mass is 304 g/mol. The highest BCUT2D eigenvalue weighted by Gasteiger charge is 2.37. The number of guanidine groups is 1. The molecule has 2 unspecified atom stereocenters. The van der Waals surface area contributed by atoms with Crippen molar-refractivity contribution in [3.05, 3.63) is 12.2 Å². The zero-order chi connectivity index (χ0) is 15.4. The highest BCUT2D eigenvalue weighted by molar-refractivity contribution is 5.80. The SMILES string of the molecule is CCCC1CC1NC(=NCC)N1CCC(c2ncn[nH]2)CC1. The van der Waals surface area contributed by atoms with Crippen molar-refractivity contribution >= 4 is 5.96 Å². The van der Waals surface area contributed by atoms with Gasteiger partial charge in [-0.05, 0) is 38.5 Å². The van der Waals surface area contributed by atoms with E-state index in [1.54, 1.807) is 6.33 Å². The minimum atomic E-state index is 0.510. The number of hydrogen-bond donors (Lipinski definition) is 2. The van der Waals surface area contributed by atoms with E-state index in [2.05, 4.69) is 39.2 Å². The molecule has 1 aromatic heterocycles. The van der Waals surface area contributed by atoms with Crippen LogP contribution in [0.15, 0.2) is 11.3 Å². The number of hydrogen-bond acceptors (Lipinski definition) is 3. The smallest absolute Gasteiger partial charge is 0.194 e. The van der Waals surface area contributed by atoms with Gasteiger partial charge in [0, 0.05) is 31.6 Å². The third-order valence-electron chi connectivity index (χ3n) is 4.82. The maximum Gasteiger partial charge on any atom is 0.194 e. The van der Waals surface area contributed by atoms with Crippen LogP contribution < -0.4 is 5.32 Å². The summed E-state index contributed by atoms with van der Waals surface area (Å²) in [6.45, 7) is 7.31. The van der Waals surface area contributed by atoms with Gasteiger partial charge in [-0.25, -0.2) is 4.98 Å².